The molecule has 1 amide bonds. The van der Waals surface area contributed by atoms with Crippen molar-refractivity contribution in [2.24, 2.45) is 0 Å². The Hall–Kier alpha value is -3.56. The van der Waals surface area contributed by atoms with Gasteiger partial charge in [0.1, 0.15) is 11.3 Å². The van der Waals surface area contributed by atoms with Gasteiger partial charge in [-0.05, 0) is 19.1 Å². The number of furan rings is 1. The van der Waals surface area contributed by atoms with Crippen molar-refractivity contribution in [3.63, 3.8) is 0 Å². The number of hydrogen-bond acceptors (Lipinski definition) is 7. The minimum atomic E-state index is -1.24. The van der Waals surface area contributed by atoms with Gasteiger partial charge in [0.15, 0.2) is 11.5 Å². The number of benzene rings is 1. The van der Waals surface area contributed by atoms with E-state index in [0.717, 1.165) is 6.07 Å². The van der Waals surface area contributed by atoms with Crippen LogP contribution in [0.4, 0.5) is 5.69 Å². The van der Waals surface area contributed by atoms with Gasteiger partial charge in [-0.3, -0.25) is 14.9 Å². The van der Waals surface area contributed by atoms with Crippen molar-refractivity contribution in [1.82, 2.24) is 5.32 Å². The molecule has 10 nitrogen and oxygen atoms in total. The van der Waals surface area contributed by atoms with E-state index in [4.69, 9.17) is 19.0 Å². The minimum absolute atomic E-state index is 0.132. The van der Waals surface area contributed by atoms with Crippen molar-refractivity contribution in [2.45, 2.75) is 13.5 Å². The van der Waals surface area contributed by atoms with E-state index >= 15 is 0 Å². The molecule has 0 aliphatic rings. The Kier molecular flexibility index (Phi) is 5.78. The second kappa shape index (κ2) is 8.01. The zero-order valence-electron chi connectivity index (χ0n) is 14.0. The normalized spacial score (nSPS) is 10.2. The molecule has 0 radical (unpaired) electrons. The number of carbonyl (C=O) groups excluding carboxylic acids is 1. The van der Waals surface area contributed by atoms with Crippen LogP contribution in [0.1, 0.15) is 33.6 Å². The number of ether oxygens (including phenoxy) is 2. The lowest BCUT2D eigenvalue weighted by Gasteiger charge is -2.11. The van der Waals surface area contributed by atoms with Gasteiger partial charge in [0.05, 0.1) is 31.3 Å². The number of carboxylic acid groups (broad SMARTS) is 1. The van der Waals surface area contributed by atoms with Gasteiger partial charge in [0.2, 0.25) is 5.76 Å². The molecule has 0 aliphatic heterocycles. The SMILES string of the molecule is CCOc1cc(C(=O)NCc2ccc(C(=O)O)o2)c([N+](=O)[O-])cc1OC. The van der Waals surface area contributed by atoms with Gasteiger partial charge >= 0.3 is 5.97 Å². The number of carboxylic acids is 1. The summed E-state index contributed by atoms with van der Waals surface area (Å²) in [7, 11) is 1.33. The Labute approximate surface area is 147 Å². The van der Waals surface area contributed by atoms with E-state index < -0.39 is 22.5 Å². The lowest BCUT2D eigenvalue weighted by atomic mass is 10.1. The highest BCUT2D eigenvalue weighted by Crippen LogP contribution is 2.34. The van der Waals surface area contributed by atoms with Crippen LogP contribution in [0.2, 0.25) is 0 Å². The maximum Gasteiger partial charge on any atom is 0.371 e. The first-order valence-corrected chi connectivity index (χ1v) is 7.46. The van der Waals surface area contributed by atoms with E-state index in [2.05, 4.69) is 5.32 Å². The zero-order valence-corrected chi connectivity index (χ0v) is 14.0. The molecule has 1 heterocycles. The molecule has 138 valence electrons. The molecular weight excluding hydrogens is 348 g/mol. The van der Waals surface area contributed by atoms with E-state index in [9.17, 15) is 19.7 Å². The third-order valence-electron chi connectivity index (χ3n) is 3.32. The summed E-state index contributed by atoms with van der Waals surface area (Å²) in [6.45, 7) is 1.86. The van der Waals surface area contributed by atoms with Crippen LogP contribution in [0.3, 0.4) is 0 Å². The van der Waals surface area contributed by atoms with Gasteiger partial charge in [-0.25, -0.2) is 4.79 Å². The zero-order chi connectivity index (χ0) is 19.3. The first-order chi connectivity index (χ1) is 12.4. The predicted octanol–water partition coefficient (Wildman–Crippen LogP) is 2.22. The lowest BCUT2D eigenvalue weighted by Crippen LogP contribution is -2.23. The number of hydrogen-bond donors (Lipinski definition) is 2. The maximum atomic E-state index is 12.4. The molecule has 26 heavy (non-hydrogen) atoms. The first-order valence-electron chi connectivity index (χ1n) is 7.46. The average molecular weight is 364 g/mol. The van der Waals surface area contributed by atoms with Crippen molar-refractivity contribution < 1.29 is 33.5 Å². The van der Waals surface area contributed by atoms with Crippen LogP contribution in [-0.2, 0) is 6.54 Å². The number of rotatable bonds is 8. The number of amides is 1. The molecule has 1 aromatic carbocycles. The number of methoxy groups -OCH3 is 1. The van der Waals surface area contributed by atoms with Crippen LogP contribution in [0.25, 0.3) is 0 Å². The molecule has 0 aliphatic carbocycles. The number of nitrogens with one attached hydrogen (secondary N) is 1. The topological polar surface area (TPSA) is 141 Å². The van der Waals surface area contributed by atoms with Crippen LogP contribution in [0.5, 0.6) is 11.5 Å². The van der Waals surface area contributed by atoms with Crippen LogP contribution in [0.15, 0.2) is 28.7 Å². The summed E-state index contributed by atoms with van der Waals surface area (Å²) in [5.74, 6) is -1.74. The summed E-state index contributed by atoms with van der Waals surface area (Å²) in [6.07, 6.45) is 0. The summed E-state index contributed by atoms with van der Waals surface area (Å²) in [6, 6.07) is 4.96. The van der Waals surface area contributed by atoms with Gasteiger partial charge in [-0.15, -0.1) is 0 Å². The quantitative estimate of drug-likeness (QED) is 0.536. The average Bonchev–Trinajstić information content (AvgIpc) is 3.08. The van der Waals surface area contributed by atoms with Crippen LogP contribution in [-0.4, -0.2) is 35.6 Å². The van der Waals surface area contributed by atoms with Gasteiger partial charge in [-0.1, -0.05) is 0 Å². The van der Waals surface area contributed by atoms with Crippen molar-refractivity contribution in [3.05, 3.63) is 51.5 Å². The molecule has 1 aromatic heterocycles. The van der Waals surface area contributed by atoms with Gasteiger partial charge in [0.25, 0.3) is 11.6 Å². The van der Waals surface area contributed by atoms with Crippen molar-refractivity contribution in [2.75, 3.05) is 13.7 Å². The van der Waals surface area contributed by atoms with E-state index in [-0.39, 0.29) is 41.7 Å². The van der Waals surface area contributed by atoms with Gasteiger partial charge in [-0.2, -0.15) is 0 Å². The summed E-state index contributed by atoms with van der Waals surface area (Å²) in [4.78, 5) is 33.7. The molecule has 10 heteroatoms. The highest BCUT2D eigenvalue weighted by atomic mass is 16.6. The van der Waals surface area contributed by atoms with Crippen LogP contribution in [0, 0.1) is 10.1 Å². The first kappa shape index (κ1) is 18.8. The molecule has 0 spiro atoms. The monoisotopic (exact) mass is 364 g/mol. The highest BCUT2D eigenvalue weighted by molar-refractivity contribution is 5.99. The molecular formula is C16H16N2O8. The van der Waals surface area contributed by atoms with E-state index in [1.807, 2.05) is 0 Å². The predicted molar refractivity (Wildman–Crippen MR) is 87.7 cm³/mol. The van der Waals surface area contributed by atoms with Gasteiger partial charge in [0, 0.05) is 6.07 Å². The highest BCUT2D eigenvalue weighted by Gasteiger charge is 2.25. The molecule has 2 aromatic rings. The van der Waals surface area contributed by atoms with Crippen LogP contribution < -0.4 is 14.8 Å². The van der Waals surface area contributed by atoms with Crippen molar-refractivity contribution in [3.8, 4) is 11.5 Å². The van der Waals surface area contributed by atoms with Crippen molar-refractivity contribution >= 4 is 17.6 Å². The molecule has 0 bridgehead atoms. The number of carbonyl (C=O) groups is 2. The molecule has 0 unspecified atom stereocenters. The number of aromatic carboxylic acids is 1. The fourth-order valence-corrected chi connectivity index (χ4v) is 2.16. The summed E-state index contributed by atoms with van der Waals surface area (Å²) >= 11 is 0. The Morgan fingerprint density at radius 3 is 2.58 bits per heavy atom. The molecule has 2 rings (SSSR count). The maximum absolute atomic E-state index is 12.4. The number of nitro groups is 1. The summed E-state index contributed by atoms with van der Waals surface area (Å²) < 4.78 is 15.4. The van der Waals surface area contributed by atoms with E-state index in [1.165, 1.54) is 25.3 Å². The van der Waals surface area contributed by atoms with E-state index in [1.54, 1.807) is 6.92 Å². The summed E-state index contributed by atoms with van der Waals surface area (Å²) in [5.41, 5.74) is -0.669. The number of nitrogens with zero attached hydrogens (tertiary/aromatic N) is 1. The van der Waals surface area contributed by atoms with Gasteiger partial charge < -0.3 is 24.3 Å². The largest absolute Gasteiger partial charge is 0.493 e. The molecule has 0 saturated carbocycles. The molecule has 0 atom stereocenters. The second-order valence-corrected chi connectivity index (χ2v) is 4.96. The molecule has 0 saturated heterocycles. The smallest absolute Gasteiger partial charge is 0.371 e. The Bertz CT molecular complexity index is 843. The van der Waals surface area contributed by atoms with E-state index in [0.29, 0.717) is 0 Å². The number of nitro benzene ring substituents is 1. The standard InChI is InChI=1S/C16H16N2O8/c1-3-25-14-6-10(11(18(22)23)7-13(14)24-2)15(19)17-8-9-4-5-12(26-9)16(20)21/h4-7H,3,8H2,1-2H3,(H,17,19)(H,20,21). The van der Waals surface area contributed by atoms with Crippen LogP contribution >= 0.6 is 0 Å². The lowest BCUT2D eigenvalue weighted by molar-refractivity contribution is -0.385. The fourth-order valence-electron chi connectivity index (χ4n) is 2.16. The summed E-state index contributed by atoms with van der Waals surface area (Å²) in [5, 5.41) is 22.5. The fraction of sp³-hybridized carbons (Fsp3) is 0.250. The Morgan fingerprint density at radius 1 is 1.31 bits per heavy atom. The third-order valence-corrected chi connectivity index (χ3v) is 3.32. The molecule has 2 N–H and O–H groups in total. The van der Waals surface area contributed by atoms with Crippen molar-refractivity contribution in [1.29, 1.82) is 0 Å². The Balaban J connectivity index is 2.26. The Morgan fingerprint density at radius 2 is 2.04 bits per heavy atom. The third kappa shape index (κ3) is 4.09. The molecule has 0 fully saturated rings. The minimum Gasteiger partial charge on any atom is -0.493 e. The second-order valence-electron chi connectivity index (χ2n) is 4.96.